The van der Waals surface area contributed by atoms with Gasteiger partial charge in [-0.25, -0.2) is 9.18 Å². The van der Waals surface area contributed by atoms with E-state index in [1.807, 2.05) is 31.4 Å². The van der Waals surface area contributed by atoms with E-state index in [4.69, 9.17) is 4.74 Å². The number of urea groups is 1. The van der Waals surface area contributed by atoms with Crippen LogP contribution in [0.4, 0.5) is 9.18 Å². The maximum Gasteiger partial charge on any atom is 0.325 e. The van der Waals surface area contributed by atoms with Crippen molar-refractivity contribution in [3.8, 4) is 16.9 Å². The van der Waals surface area contributed by atoms with Gasteiger partial charge in [0, 0.05) is 30.9 Å². The molecule has 1 aromatic heterocycles. The first kappa shape index (κ1) is 23.9. The molecular formula is C29H28FN5O4. The SMILES string of the molecule is Cn1cc(-c2ccc3c(c2)CC[C@]32NC(=O)N(CC(=O)N3Cc4cc(F)ccc4OC[C@H]3C3CC3)C2=O)cn1. The first-order chi connectivity index (χ1) is 18.8. The van der Waals surface area contributed by atoms with E-state index in [0.717, 1.165) is 40.0 Å². The molecule has 1 N–H and O–H groups in total. The number of hydrogen-bond donors (Lipinski definition) is 1. The molecular weight excluding hydrogens is 501 g/mol. The number of hydrogen-bond acceptors (Lipinski definition) is 5. The molecule has 0 bridgehead atoms. The van der Waals surface area contributed by atoms with Gasteiger partial charge in [-0.05, 0) is 66.5 Å². The average molecular weight is 530 g/mol. The summed E-state index contributed by atoms with van der Waals surface area (Å²) in [4.78, 5) is 43.3. The molecule has 2 aliphatic carbocycles. The maximum absolute atomic E-state index is 14.0. The van der Waals surface area contributed by atoms with Crippen LogP contribution in [0.25, 0.3) is 11.1 Å². The van der Waals surface area contributed by atoms with Crippen LogP contribution in [-0.4, -0.2) is 56.6 Å². The van der Waals surface area contributed by atoms with Gasteiger partial charge >= 0.3 is 6.03 Å². The molecule has 200 valence electrons. The number of carbonyl (C=O) groups is 3. The van der Waals surface area contributed by atoms with Gasteiger partial charge in [0.15, 0.2) is 0 Å². The Bertz CT molecular complexity index is 1530. The van der Waals surface area contributed by atoms with E-state index >= 15 is 0 Å². The third-order valence-corrected chi connectivity index (χ3v) is 8.50. The number of ether oxygens (including phenoxy) is 1. The highest BCUT2D eigenvalue weighted by Gasteiger charge is 2.56. The Labute approximate surface area is 224 Å². The summed E-state index contributed by atoms with van der Waals surface area (Å²) >= 11 is 0. The molecule has 10 heteroatoms. The number of amides is 4. The molecule has 1 saturated heterocycles. The molecule has 9 nitrogen and oxygen atoms in total. The zero-order valence-electron chi connectivity index (χ0n) is 21.5. The van der Waals surface area contributed by atoms with E-state index in [2.05, 4.69) is 10.4 Å². The molecule has 0 radical (unpaired) electrons. The van der Waals surface area contributed by atoms with Gasteiger partial charge < -0.3 is 15.0 Å². The summed E-state index contributed by atoms with van der Waals surface area (Å²) in [6, 6.07) is 9.42. The molecule has 1 saturated carbocycles. The summed E-state index contributed by atoms with van der Waals surface area (Å²) in [6.45, 7) is 0.0942. The van der Waals surface area contributed by atoms with E-state index in [-0.39, 0.29) is 25.0 Å². The van der Waals surface area contributed by atoms with Crippen LogP contribution in [0.15, 0.2) is 48.8 Å². The second kappa shape index (κ2) is 8.65. The van der Waals surface area contributed by atoms with Crippen LogP contribution in [0.2, 0.25) is 0 Å². The lowest BCUT2D eigenvalue weighted by Gasteiger charge is -2.30. The highest BCUT2D eigenvalue weighted by Crippen LogP contribution is 2.43. The van der Waals surface area contributed by atoms with Crippen molar-refractivity contribution in [2.75, 3.05) is 13.2 Å². The van der Waals surface area contributed by atoms with Gasteiger partial charge in [-0.3, -0.25) is 19.2 Å². The Morgan fingerprint density at radius 3 is 2.77 bits per heavy atom. The van der Waals surface area contributed by atoms with Gasteiger partial charge in [0.2, 0.25) is 5.91 Å². The number of nitrogens with zero attached hydrogens (tertiary/aromatic N) is 4. The summed E-state index contributed by atoms with van der Waals surface area (Å²) in [5, 5.41) is 7.15. The molecule has 0 unspecified atom stereocenters. The van der Waals surface area contributed by atoms with E-state index in [9.17, 15) is 18.8 Å². The zero-order chi connectivity index (χ0) is 26.9. The highest BCUT2D eigenvalue weighted by molar-refractivity contribution is 6.10. The zero-order valence-corrected chi connectivity index (χ0v) is 21.5. The number of nitrogens with one attached hydrogen (secondary N) is 1. The van der Waals surface area contributed by atoms with Gasteiger partial charge in [-0.15, -0.1) is 0 Å². The fraction of sp³-hybridized carbons (Fsp3) is 0.379. The Hall–Kier alpha value is -4.21. The predicted octanol–water partition coefficient (Wildman–Crippen LogP) is 3.12. The largest absolute Gasteiger partial charge is 0.491 e. The van der Waals surface area contributed by atoms with E-state index in [1.54, 1.807) is 21.8 Å². The number of fused-ring (bicyclic) bond motifs is 3. The smallest absolute Gasteiger partial charge is 0.325 e. The van der Waals surface area contributed by atoms with Crippen LogP contribution < -0.4 is 10.1 Å². The lowest BCUT2D eigenvalue weighted by atomic mass is 9.90. The fourth-order valence-electron chi connectivity index (χ4n) is 6.29. The third-order valence-electron chi connectivity index (χ3n) is 8.50. The molecule has 2 aromatic carbocycles. The monoisotopic (exact) mass is 529 g/mol. The van der Waals surface area contributed by atoms with Gasteiger partial charge in [-0.1, -0.05) is 18.2 Å². The Morgan fingerprint density at radius 1 is 1.15 bits per heavy atom. The van der Waals surface area contributed by atoms with Crippen LogP contribution >= 0.6 is 0 Å². The third kappa shape index (κ3) is 3.88. The molecule has 4 aliphatic rings. The first-order valence-electron chi connectivity index (χ1n) is 13.3. The normalized spacial score (nSPS) is 23.9. The van der Waals surface area contributed by atoms with Crippen molar-refractivity contribution in [3.63, 3.8) is 0 Å². The van der Waals surface area contributed by atoms with Crippen LogP contribution in [0.1, 0.15) is 36.0 Å². The maximum atomic E-state index is 14.0. The van der Waals surface area contributed by atoms with Crippen molar-refractivity contribution >= 4 is 17.8 Å². The van der Waals surface area contributed by atoms with E-state index < -0.39 is 23.3 Å². The van der Waals surface area contributed by atoms with Crippen LogP contribution in [0.5, 0.6) is 5.75 Å². The minimum absolute atomic E-state index is 0.168. The fourth-order valence-corrected chi connectivity index (χ4v) is 6.29. The summed E-state index contributed by atoms with van der Waals surface area (Å²) in [5.74, 6) is -0.317. The Morgan fingerprint density at radius 2 is 2.00 bits per heavy atom. The number of benzene rings is 2. The summed E-state index contributed by atoms with van der Waals surface area (Å²) in [6.07, 6.45) is 6.74. The number of carbonyl (C=O) groups excluding carboxylic acids is 3. The van der Waals surface area contributed by atoms with Crippen LogP contribution in [0.3, 0.4) is 0 Å². The van der Waals surface area contributed by atoms with Crippen molar-refractivity contribution in [1.29, 1.82) is 0 Å². The van der Waals surface area contributed by atoms with Gasteiger partial charge in [-0.2, -0.15) is 5.10 Å². The average Bonchev–Trinajstić information content (AvgIpc) is 3.55. The lowest BCUT2D eigenvalue weighted by molar-refractivity contribution is -0.141. The minimum Gasteiger partial charge on any atom is -0.491 e. The first-order valence-corrected chi connectivity index (χ1v) is 13.3. The molecule has 3 heterocycles. The van der Waals surface area contributed by atoms with Crippen molar-refractivity contribution < 1.29 is 23.5 Å². The van der Waals surface area contributed by atoms with Crippen molar-refractivity contribution in [2.24, 2.45) is 13.0 Å². The molecule has 39 heavy (non-hydrogen) atoms. The van der Waals surface area contributed by atoms with Gasteiger partial charge in [0.1, 0.15) is 30.3 Å². The molecule has 3 aromatic rings. The van der Waals surface area contributed by atoms with E-state index in [0.29, 0.717) is 36.7 Å². The van der Waals surface area contributed by atoms with Gasteiger partial charge in [0.05, 0.1) is 12.2 Å². The van der Waals surface area contributed by atoms with Gasteiger partial charge in [0.25, 0.3) is 5.91 Å². The summed E-state index contributed by atoms with van der Waals surface area (Å²) in [7, 11) is 1.86. The molecule has 7 rings (SSSR count). The lowest BCUT2D eigenvalue weighted by Crippen LogP contribution is -2.49. The quantitative estimate of drug-likeness (QED) is 0.524. The minimum atomic E-state index is -1.17. The standard InChI is InChI=1S/C29H28FN5O4/c1-33-13-21(12-31-33)18-4-6-23-19(10-18)8-9-29(23)27(37)35(28(38)32-29)15-26(36)34-14-20-11-22(30)5-7-25(20)39-16-24(34)17-2-3-17/h4-7,10-13,17,24H,2-3,8-9,14-16H2,1H3,(H,32,38)/t24-,29-/m0/s1. The number of imide groups is 1. The van der Waals surface area contributed by atoms with Crippen LogP contribution in [0, 0.1) is 11.7 Å². The Kier molecular flexibility index (Phi) is 5.30. The molecule has 2 fully saturated rings. The second-order valence-electron chi connectivity index (χ2n) is 11.0. The Balaban J connectivity index is 1.14. The summed E-state index contributed by atoms with van der Waals surface area (Å²) in [5.41, 5.74) is 3.14. The molecule has 2 atom stereocenters. The predicted molar refractivity (Wildman–Crippen MR) is 138 cm³/mol. The van der Waals surface area contributed by atoms with Crippen molar-refractivity contribution in [1.82, 2.24) is 24.9 Å². The van der Waals surface area contributed by atoms with Crippen molar-refractivity contribution in [2.45, 2.75) is 43.8 Å². The number of rotatable bonds is 4. The molecule has 1 spiro atoms. The number of aryl methyl sites for hydroxylation is 2. The topological polar surface area (TPSA) is 96.8 Å². The molecule has 2 aliphatic heterocycles. The number of halogens is 1. The second-order valence-corrected chi connectivity index (χ2v) is 11.0. The van der Waals surface area contributed by atoms with Crippen LogP contribution in [-0.2, 0) is 35.1 Å². The summed E-state index contributed by atoms with van der Waals surface area (Å²) < 4.78 is 21.7. The van der Waals surface area contributed by atoms with E-state index in [1.165, 1.54) is 12.1 Å². The number of aromatic nitrogens is 2. The van der Waals surface area contributed by atoms with Crippen molar-refractivity contribution in [3.05, 3.63) is 71.3 Å². The molecule has 4 amide bonds. The highest BCUT2D eigenvalue weighted by atomic mass is 19.1.